The molecule has 2 N–H and O–H groups in total. The van der Waals surface area contributed by atoms with Gasteiger partial charge in [-0.1, -0.05) is 11.6 Å². The lowest BCUT2D eigenvalue weighted by Crippen LogP contribution is -2.24. The molecule has 1 rings (SSSR count). The maximum atomic E-state index is 12.8. The number of benzene rings is 1. The van der Waals surface area contributed by atoms with Gasteiger partial charge < -0.3 is 10.6 Å². The third kappa shape index (κ3) is 2.57. The predicted octanol–water partition coefficient (Wildman–Crippen LogP) is 1.87. The monoisotopic (exact) mass is 202 g/mol. The van der Waals surface area contributed by atoms with Crippen LogP contribution < -0.4 is 10.6 Å². The first-order valence-electron chi connectivity index (χ1n) is 4.01. The molecule has 0 saturated carbocycles. The Morgan fingerprint density at radius 3 is 2.77 bits per heavy atom. The number of anilines is 1. The Hall–Kier alpha value is -0.800. The van der Waals surface area contributed by atoms with Crippen LogP contribution in [0.25, 0.3) is 0 Å². The molecule has 0 fully saturated rings. The zero-order chi connectivity index (χ0) is 9.84. The molecule has 0 unspecified atom stereocenters. The molecule has 2 nitrogen and oxygen atoms in total. The molecule has 0 spiro atoms. The van der Waals surface area contributed by atoms with E-state index in [-0.39, 0.29) is 5.02 Å². The van der Waals surface area contributed by atoms with Gasteiger partial charge in [-0.3, -0.25) is 0 Å². The molecule has 0 bridgehead atoms. The first kappa shape index (κ1) is 10.3. The van der Waals surface area contributed by atoms with Crippen molar-refractivity contribution in [1.82, 2.24) is 0 Å². The Kier molecular flexibility index (Phi) is 3.51. The average molecular weight is 203 g/mol. The van der Waals surface area contributed by atoms with E-state index in [0.29, 0.717) is 6.54 Å². The highest BCUT2D eigenvalue weighted by Gasteiger charge is 2.03. The van der Waals surface area contributed by atoms with E-state index in [4.69, 9.17) is 17.3 Å². The second kappa shape index (κ2) is 4.44. The summed E-state index contributed by atoms with van der Waals surface area (Å²) in [6.07, 6.45) is 0. The van der Waals surface area contributed by atoms with Crippen molar-refractivity contribution in [3.05, 3.63) is 29.0 Å². The van der Waals surface area contributed by atoms with Crippen molar-refractivity contribution in [1.29, 1.82) is 0 Å². The Labute approximate surface area is 82.1 Å². The smallest absolute Gasteiger partial charge is 0.141 e. The van der Waals surface area contributed by atoms with Crippen molar-refractivity contribution in [2.75, 3.05) is 25.0 Å². The van der Waals surface area contributed by atoms with Gasteiger partial charge in [0.15, 0.2) is 0 Å². The number of hydrogen-bond acceptors (Lipinski definition) is 2. The van der Waals surface area contributed by atoms with Gasteiger partial charge in [0.05, 0.1) is 5.02 Å². The van der Waals surface area contributed by atoms with E-state index in [2.05, 4.69) is 0 Å². The van der Waals surface area contributed by atoms with Gasteiger partial charge in [-0.2, -0.15) is 0 Å². The lowest BCUT2D eigenvalue weighted by atomic mass is 10.3. The molecular weight excluding hydrogens is 191 g/mol. The average Bonchev–Trinajstić information content (AvgIpc) is 2.10. The van der Waals surface area contributed by atoms with Gasteiger partial charge in [0.25, 0.3) is 0 Å². The topological polar surface area (TPSA) is 29.3 Å². The van der Waals surface area contributed by atoms with E-state index in [1.54, 1.807) is 12.1 Å². The summed E-state index contributed by atoms with van der Waals surface area (Å²) in [5.41, 5.74) is 6.26. The molecule has 0 aromatic heterocycles. The highest BCUT2D eigenvalue weighted by Crippen LogP contribution is 2.21. The zero-order valence-corrected chi connectivity index (χ0v) is 8.18. The highest BCUT2D eigenvalue weighted by atomic mass is 35.5. The van der Waals surface area contributed by atoms with Gasteiger partial charge >= 0.3 is 0 Å². The molecule has 0 saturated heterocycles. The Bertz CT molecular complexity index is 291. The van der Waals surface area contributed by atoms with Gasteiger partial charge in [0.1, 0.15) is 5.82 Å². The molecule has 0 atom stereocenters. The number of likely N-dealkylation sites (N-methyl/N-ethyl adjacent to an activating group) is 1. The third-order valence-corrected chi connectivity index (χ3v) is 2.10. The number of nitrogens with zero attached hydrogens (tertiary/aromatic N) is 1. The van der Waals surface area contributed by atoms with Crippen LogP contribution in [0.1, 0.15) is 0 Å². The fourth-order valence-electron chi connectivity index (χ4n) is 1.05. The van der Waals surface area contributed by atoms with Crippen molar-refractivity contribution < 1.29 is 4.39 Å². The normalized spacial score (nSPS) is 10.2. The quantitative estimate of drug-likeness (QED) is 0.811. The number of hydrogen-bond donors (Lipinski definition) is 1. The van der Waals surface area contributed by atoms with E-state index in [1.807, 2.05) is 11.9 Å². The van der Waals surface area contributed by atoms with E-state index >= 15 is 0 Å². The molecule has 0 aliphatic heterocycles. The molecular formula is C9H12ClFN2. The van der Waals surface area contributed by atoms with Crippen LogP contribution in [-0.4, -0.2) is 20.1 Å². The molecule has 0 heterocycles. The number of halogens is 2. The molecule has 1 aromatic carbocycles. The predicted molar refractivity (Wildman–Crippen MR) is 53.7 cm³/mol. The van der Waals surface area contributed by atoms with Crippen LogP contribution in [0.2, 0.25) is 5.02 Å². The fourth-order valence-corrected chi connectivity index (χ4v) is 1.22. The zero-order valence-electron chi connectivity index (χ0n) is 7.43. The molecule has 0 aliphatic rings. The number of rotatable bonds is 3. The summed E-state index contributed by atoms with van der Waals surface area (Å²) in [5, 5.41) is 0.140. The summed E-state index contributed by atoms with van der Waals surface area (Å²) in [4.78, 5) is 1.92. The first-order valence-corrected chi connectivity index (χ1v) is 4.39. The summed E-state index contributed by atoms with van der Waals surface area (Å²) in [7, 11) is 1.89. The van der Waals surface area contributed by atoms with Crippen molar-refractivity contribution in [3.63, 3.8) is 0 Å². The van der Waals surface area contributed by atoms with Crippen LogP contribution in [0.15, 0.2) is 18.2 Å². The van der Waals surface area contributed by atoms with Crippen LogP contribution in [0.4, 0.5) is 10.1 Å². The Balaban J connectivity index is 2.84. The van der Waals surface area contributed by atoms with Gasteiger partial charge in [-0.15, -0.1) is 0 Å². The largest absolute Gasteiger partial charge is 0.373 e. The minimum atomic E-state index is -0.397. The minimum absolute atomic E-state index is 0.140. The summed E-state index contributed by atoms with van der Waals surface area (Å²) in [6, 6.07) is 4.62. The van der Waals surface area contributed by atoms with Gasteiger partial charge in [-0.25, -0.2) is 4.39 Å². The fraction of sp³-hybridized carbons (Fsp3) is 0.333. The SMILES string of the molecule is CN(CCN)c1ccc(F)c(Cl)c1. The second-order valence-corrected chi connectivity index (χ2v) is 3.22. The van der Waals surface area contributed by atoms with Crippen molar-refractivity contribution in [2.24, 2.45) is 5.73 Å². The summed E-state index contributed by atoms with van der Waals surface area (Å²) in [5.74, 6) is -0.397. The molecule has 1 aromatic rings. The lowest BCUT2D eigenvalue weighted by Gasteiger charge is -2.18. The molecule has 0 aliphatic carbocycles. The minimum Gasteiger partial charge on any atom is -0.373 e. The lowest BCUT2D eigenvalue weighted by molar-refractivity contribution is 0.628. The second-order valence-electron chi connectivity index (χ2n) is 2.81. The van der Waals surface area contributed by atoms with E-state index in [1.165, 1.54) is 6.07 Å². The van der Waals surface area contributed by atoms with E-state index in [9.17, 15) is 4.39 Å². The van der Waals surface area contributed by atoms with E-state index < -0.39 is 5.82 Å². The Morgan fingerprint density at radius 2 is 2.23 bits per heavy atom. The van der Waals surface area contributed by atoms with Crippen molar-refractivity contribution >= 4 is 17.3 Å². The van der Waals surface area contributed by atoms with Gasteiger partial charge in [0.2, 0.25) is 0 Å². The summed E-state index contributed by atoms with van der Waals surface area (Å²) in [6.45, 7) is 1.29. The van der Waals surface area contributed by atoms with Crippen LogP contribution in [0.3, 0.4) is 0 Å². The molecule has 4 heteroatoms. The third-order valence-electron chi connectivity index (χ3n) is 1.81. The highest BCUT2D eigenvalue weighted by molar-refractivity contribution is 6.31. The first-order chi connectivity index (χ1) is 6.15. The molecule has 72 valence electrons. The van der Waals surface area contributed by atoms with E-state index in [0.717, 1.165) is 12.2 Å². The van der Waals surface area contributed by atoms with Crippen molar-refractivity contribution in [2.45, 2.75) is 0 Å². The summed E-state index contributed by atoms with van der Waals surface area (Å²) >= 11 is 5.63. The standard InChI is InChI=1S/C9H12ClFN2/c1-13(5-4-12)7-2-3-9(11)8(10)6-7/h2-3,6H,4-5,12H2,1H3. The van der Waals surface area contributed by atoms with Crippen LogP contribution in [0.5, 0.6) is 0 Å². The van der Waals surface area contributed by atoms with Gasteiger partial charge in [0, 0.05) is 25.8 Å². The van der Waals surface area contributed by atoms with Crippen LogP contribution in [-0.2, 0) is 0 Å². The van der Waals surface area contributed by atoms with Gasteiger partial charge in [-0.05, 0) is 18.2 Å². The van der Waals surface area contributed by atoms with Crippen LogP contribution in [0, 0.1) is 5.82 Å². The maximum absolute atomic E-state index is 12.8. The number of nitrogens with two attached hydrogens (primary N) is 1. The molecule has 0 radical (unpaired) electrons. The van der Waals surface area contributed by atoms with Crippen molar-refractivity contribution in [3.8, 4) is 0 Å². The summed E-state index contributed by atoms with van der Waals surface area (Å²) < 4.78 is 12.8. The molecule has 0 amide bonds. The Morgan fingerprint density at radius 1 is 1.54 bits per heavy atom. The maximum Gasteiger partial charge on any atom is 0.141 e. The molecule has 13 heavy (non-hydrogen) atoms. The van der Waals surface area contributed by atoms with Crippen LogP contribution >= 0.6 is 11.6 Å².